The predicted octanol–water partition coefficient (Wildman–Crippen LogP) is 18.3. The molecule has 3 N–H and O–H groups in total. The number of carbonyl (C=O) groups excluding carboxylic acids is 4. The lowest BCUT2D eigenvalue weighted by Gasteiger charge is -2.21. The standard InChI is InChI=1S/C65H126O17P2/c1-5-9-13-17-21-25-29-33-37-41-45-49-62(67)75-55-60(81-64(69)51-47-43-39-35-31-27-23-19-15-11-7-3)57-79-83(71,72)77-53-59(66)54-78-84(73,74)80-58-61(82-65(70)52-48-44-40-36-32-28-24-20-16-12-8-4)56-76-63(68)50-46-42-38-34-30-26-22-18-14-10-6-2/h59-61,66H,5-58H2,1-4H3,(H,71,72)(H,73,74). The summed E-state index contributed by atoms with van der Waals surface area (Å²) in [7, 11) is -9.88. The Hall–Kier alpha value is -1.94. The molecule has 0 saturated carbocycles. The summed E-state index contributed by atoms with van der Waals surface area (Å²) in [6.07, 6.45) is 45.6. The molecule has 0 bridgehead atoms. The average Bonchev–Trinajstić information content (AvgIpc) is 3.58. The van der Waals surface area contributed by atoms with Crippen LogP contribution >= 0.6 is 15.6 Å². The zero-order chi connectivity index (χ0) is 61.9. The number of hydrogen-bond acceptors (Lipinski definition) is 15. The summed E-state index contributed by atoms with van der Waals surface area (Å²) in [4.78, 5) is 72.2. The van der Waals surface area contributed by atoms with E-state index >= 15 is 0 Å². The zero-order valence-electron chi connectivity index (χ0n) is 53.9. The summed E-state index contributed by atoms with van der Waals surface area (Å²) in [6, 6.07) is 0. The fourth-order valence-electron chi connectivity index (χ4n) is 9.81. The summed E-state index contributed by atoms with van der Waals surface area (Å²) in [5, 5.41) is 10.5. The van der Waals surface area contributed by atoms with Crippen molar-refractivity contribution in [3.8, 4) is 0 Å². The Morgan fingerprint density at radius 3 is 0.702 bits per heavy atom. The molecule has 0 aromatic carbocycles. The monoisotopic (exact) mass is 1240 g/mol. The Morgan fingerprint density at radius 2 is 0.476 bits per heavy atom. The van der Waals surface area contributed by atoms with Gasteiger partial charge >= 0.3 is 39.5 Å². The van der Waals surface area contributed by atoms with E-state index in [0.29, 0.717) is 25.7 Å². The summed E-state index contributed by atoms with van der Waals surface area (Å²) in [5.74, 6) is -2.13. The number of aliphatic hydroxyl groups is 1. The van der Waals surface area contributed by atoms with E-state index in [2.05, 4.69) is 27.7 Å². The molecule has 0 aromatic rings. The van der Waals surface area contributed by atoms with E-state index in [0.717, 1.165) is 89.9 Å². The van der Waals surface area contributed by atoms with Gasteiger partial charge in [-0.1, -0.05) is 285 Å². The third-order valence-corrected chi connectivity index (χ3v) is 17.0. The van der Waals surface area contributed by atoms with E-state index in [1.54, 1.807) is 0 Å². The molecule has 19 heteroatoms. The number of ether oxygens (including phenoxy) is 4. The number of phosphoric ester groups is 2. The summed E-state index contributed by atoms with van der Waals surface area (Å²) in [6.45, 7) is 4.90. The quantitative estimate of drug-likeness (QED) is 0.0222. The highest BCUT2D eigenvalue weighted by Gasteiger charge is 2.30. The average molecular weight is 1240 g/mol. The summed E-state index contributed by atoms with van der Waals surface area (Å²) < 4.78 is 68.0. The maximum absolute atomic E-state index is 13.0. The van der Waals surface area contributed by atoms with Gasteiger partial charge in [0.1, 0.15) is 19.3 Å². The summed E-state index contributed by atoms with van der Waals surface area (Å²) in [5.41, 5.74) is 0. The predicted molar refractivity (Wildman–Crippen MR) is 335 cm³/mol. The van der Waals surface area contributed by atoms with E-state index < -0.39 is 97.5 Å². The first kappa shape index (κ1) is 82.1. The smallest absolute Gasteiger partial charge is 0.462 e. The molecule has 0 aliphatic rings. The van der Waals surface area contributed by atoms with Crippen molar-refractivity contribution in [2.24, 2.45) is 0 Å². The van der Waals surface area contributed by atoms with Crippen LogP contribution in [0.15, 0.2) is 0 Å². The Labute approximate surface area is 511 Å². The third-order valence-electron chi connectivity index (χ3n) is 15.1. The number of phosphoric acid groups is 2. The van der Waals surface area contributed by atoms with Crippen LogP contribution in [0.2, 0.25) is 0 Å². The van der Waals surface area contributed by atoms with Gasteiger partial charge in [0.05, 0.1) is 26.4 Å². The molecule has 0 saturated heterocycles. The number of aliphatic hydroxyl groups excluding tert-OH is 1. The third kappa shape index (κ3) is 59.0. The van der Waals surface area contributed by atoms with Gasteiger partial charge in [-0.2, -0.15) is 0 Å². The Morgan fingerprint density at radius 1 is 0.286 bits per heavy atom. The van der Waals surface area contributed by atoms with E-state index in [1.807, 2.05) is 0 Å². The largest absolute Gasteiger partial charge is 0.472 e. The fraction of sp³-hybridized carbons (Fsp3) is 0.938. The minimum Gasteiger partial charge on any atom is -0.462 e. The van der Waals surface area contributed by atoms with Gasteiger partial charge in [-0.15, -0.1) is 0 Å². The molecule has 0 aliphatic carbocycles. The maximum atomic E-state index is 13.0. The van der Waals surface area contributed by atoms with Crippen LogP contribution in [0.25, 0.3) is 0 Å². The zero-order valence-corrected chi connectivity index (χ0v) is 55.7. The van der Waals surface area contributed by atoms with Crippen molar-refractivity contribution >= 4 is 39.5 Å². The molecule has 498 valence electrons. The first-order valence-corrected chi connectivity index (χ1v) is 37.3. The maximum Gasteiger partial charge on any atom is 0.472 e. The first-order chi connectivity index (χ1) is 40.7. The number of carbonyl (C=O) groups is 4. The highest BCUT2D eigenvalue weighted by Crippen LogP contribution is 2.45. The van der Waals surface area contributed by atoms with Gasteiger partial charge in [0.2, 0.25) is 0 Å². The van der Waals surface area contributed by atoms with Gasteiger partial charge < -0.3 is 33.8 Å². The highest BCUT2D eigenvalue weighted by atomic mass is 31.2. The molecule has 84 heavy (non-hydrogen) atoms. The van der Waals surface area contributed by atoms with Crippen molar-refractivity contribution in [3.05, 3.63) is 0 Å². The molecule has 0 amide bonds. The molecule has 17 nitrogen and oxygen atoms in total. The molecule has 0 fully saturated rings. The van der Waals surface area contributed by atoms with Crippen molar-refractivity contribution in [2.45, 2.75) is 354 Å². The number of esters is 4. The molecule has 0 spiro atoms. The number of unbranched alkanes of at least 4 members (excludes halogenated alkanes) is 40. The molecule has 0 rings (SSSR count). The van der Waals surface area contributed by atoms with E-state index in [-0.39, 0.29) is 25.7 Å². The van der Waals surface area contributed by atoms with E-state index in [4.69, 9.17) is 37.0 Å². The van der Waals surface area contributed by atoms with Crippen LogP contribution in [0, 0.1) is 0 Å². The molecule has 0 heterocycles. The Balaban J connectivity index is 5.24. The van der Waals surface area contributed by atoms with Crippen LogP contribution in [0.5, 0.6) is 0 Å². The SMILES string of the molecule is CCCCCCCCCCCCCC(=O)OCC(COP(=O)(O)OCC(O)COP(=O)(O)OCC(COC(=O)CCCCCCCCCCCCC)OC(=O)CCCCCCCCCCCCC)OC(=O)CCCCCCCCCCCCC. The second kappa shape index (κ2) is 60.0. The van der Waals surface area contributed by atoms with Crippen molar-refractivity contribution in [1.82, 2.24) is 0 Å². The molecule has 4 atom stereocenters. The van der Waals surface area contributed by atoms with Crippen LogP contribution < -0.4 is 0 Å². The number of hydrogen-bond donors (Lipinski definition) is 3. The molecule has 0 aliphatic heterocycles. The van der Waals surface area contributed by atoms with Crippen molar-refractivity contribution < 1.29 is 80.2 Å². The lowest BCUT2D eigenvalue weighted by atomic mass is 10.1. The van der Waals surface area contributed by atoms with Crippen molar-refractivity contribution in [2.75, 3.05) is 39.6 Å². The highest BCUT2D eigenvalue weighted by molar-refractivity contribution is 7.47. The van der Waals surface area contributed by atoms with Gasteiger partial charge in [0.15, 0.2) is 12.2 Å². The van der Waals surface area contributed by atoms with E-state index in [1.165, 1.54) is 167 Å². The molecule has 0 aromatic heterocycles. The Kier molecular flexibility index (Phi) is 58.6. The molecule has 0 radical (unpaired) electrons. The van der Waals surface area contributed by atoms with Crippen molar-refractivity contribution in [3.63, 3.8) is 0 Å². The van der Waals surface area contributed by atoms with Gasteiger partial charge in [-0.05, 0) is 25.7 Å². The minimum absolute atomic E-state index is 0.107. The second-order valence-electron chi connectivity index (χ2n) is 23.5. The minimum atomic E-state index is -4.94. The lowest BCUT2D eigenvalue weighted by molar-refractivity contribution is -0.161. The normalized spacial score (nSPS) is 14.1. The van der Waals surface area contributed by atoms with Crippen LogP contribution in [0.3, 0.4) is 0 Å². The van der Waals surface area contributed by atoms with Gasteiger partial charge in [-0.3, -0.25) is 37.3 Å². The van der Waals surface area contributed by atoms with Gasteiger partial charge in [0.25, 0.3) is 0 Å². The van der Waals surface area contributed by atoms with E-state index in [9.17, 15) is 43.2 Å². The molecule has 4 unspecified atom stereocenters. The molecular weight excluding hydrogens is 1110 g/mol. The van der Waals surface area contributed by atoms with Crippen LogP contribution in [-0.2, 0) is 65.4 Å². The number of rotatable bonds is 66. The topological polar surface area (TPSA) is 237 Å². The van der Waals surface area contributed by atoms with Crippen molar-refractivity contribution in [1.29, 1.82) is 0 Å². The first-order valence-electron chi connectivity index (χ1n) is 34.3. The second-order valence-corrected chi connectivity index (χ2v) is 26.4. The van der Waals surface area contributed by atoms with Crippen LogP contribution in [-0.4, -0.2) is 96.7 Å². The van der Waals surface area contributed by atoms with Crippen LogP contribution in [0.1, 0.15) is 336 Å². The van der Waals surface area contributed by atoms with Gasteiger partial charge in [-0.25, -0.2) is 9.13 Å². The summed E-state index contributed by atoms with van der Waals surface area (Å²) >= 11 is 0. The van der Waals surface area contributed by atoms with Gasteiger partial charge in [0, 0.05) is 25.7 Å². The van der Waals surface area contributed by atoms with Crippen LogP contribution in [0.4, 0.5) is 0 Å². The molecular formula is C65H126O17P2. The Bertz CT molecular complexity index is 1510. The lowest BCUT2D eigenvalue weighted by Crippen LogP contribution is -2.30. The fourth-order valence-corrected chi connectivity index (χ4v) is 11.4.